The summed E-state index contributed by atoms with van der Waals surface area (Å²) in [6, 6.07) is 9.11. The molecule has 1 aliphatic heterocycles. The summed E-state index contributed by atoms with van der Waals surface area (Å²) in [4.78, 5) is 0. The van der Waals surface area contributed by atoms with Crippen LogP contribution in [0.15, 0.2) is 24.3 Å². The molecule has 1 heterocycles. The van der Waals surface area contributed by atoms with Gasteiger partial charge in [0.25, 0.3) is 0 Å². The molecule has 0 aromatic heterocycles. The van der Waals surface area contributed by atoms with Gasteiger partial charge in [-0.15, -0.1) is 0 Å². The van der Waals surface area contributed by atoms with Gasteiger partial charge in [0.15, 0.2) is 0 Å². The molecule has 2 rings (SSSR count). The fourth-order valence-electron chi connectivity index (χ4n) is 2.85. The number of ether oxygens (including phenoxy) is 1. The lowest BCUT2D eigenvalue weighted by molar-refractivity contribution is 0.149. The zero-order valence-electron chi connectivity index (χ0n) is 12.4. The van der Waals surface area contributed by atoms with Gasteiger partial charge in [0.1, 0.15) is 0 Å². The summed E-state index contributed by atoms with van der Waals surface area (Å²) in [5.74, 6) is 0. The van der Waals surface area contributed by atoms with E-state index >= 15 is 0 Å². The van der Waals surface area contributed by atoms with E-state index in [0.717, 1.165) is 39.1 Å². The molecule has 0 bridgehead atoms. The van der Waals surface area contributed by atoms with Crippen LogP contribution >= 0.6 is 0 Å². The van der Waals surface area contributed by atoms with Crippen LogP contribution in [0.1, 0.15) is 37.8 Å². The second kappa shape index (κ2) is 7.06. The first-order chi connectivity index (χ1) is 9.28. The number of rotatable bonds is 7. The molecule has 0 spiro atoms. The van der Waals surface area contributed by atoms with Gasteiger partial charge in [0.2, 0.25) is 0 Å². The Labute approximate surface area is 117 Å². The largest absolute Gasteiger partial charge is 0.381 e. The predicted octanol–water partition coefficient (Wildman–Crippen LogP) is 3.20. The lowest BCUT2D eigenvalue weighted by Gasteiger charge is -2.28. The molecule has 0 amide bonds. The first kappa shape index (κ1) is 14.5. The van der Waals surface area contributed by atoms with Crippen molar-refractivity contribution in [1.82, 2.24) is 5.32 Å². The summed E-state index contributed by atoms with van der Waals surface area (Å²) in [5, 5.41) is 3.58. The maximum Gasteiger partial charge on any atom is 0.0538 e. The summed E-state index contributed by atoms with van der Waals surface area (Å²) >= 11 is 0. The van der Waals surface area contributed by atoms with Crippen molar-refractivity contribution in [3.8, 4) is 0 Å². The van der Waals surface area contributed by atoms with Gasteiger partial charge in [-0.1, -0.05) is 38.1 Å². The van der Waals surface area contributed by atoms with Crippen molar-refractivity contribution in [1.29, 1.82) is 0 Å². The molecule has 1 aromatic rings. The van der Waals surface area contributed by atoms with E-state index in [1.807, 2.05) is 0 Å². The third-order valence-electron chi connectivity index (χ3n) is 4.12. The molecule has 2 nitrogen and oxygen atoms in total. The molecule has 2 heteroatoms. The molecule has 1 unspecified atom stereocenters. The Morgan fingerprint density at radius 2 is 1.89 bits per heavy atom. The van der Waals surface area contributed by atoms with Crippen LogP contribution in [0.3, 0.4) is 0 Å². The van der Waals surface area contributed by atoms with Gasteiger partial charge in [0.05, 0.1) is 6.61 Å². The van der Waals surface area contributed by atoms with Crippen molar-refractivity contribution >= 4 is 0 Å². The molecule has 0 saturated carbocycles. The predicted molar refractivity (Wildman–Crippen MR) is 80.6 cm³/mol. The minimum atomic E-state index is 0.308. The Balaban J connectivity index is 1.98. The van der Waals surface area contributed by atoms with Crippen LogP contribution in [-0.4, -0.2) is 26.3 Å². The van der Waals surface area contributed by atoms with Crippen molar-refractivity contribution in [3.05, 3.63) is 35.4 Å². The van der Waals surface area contributed by atoms with Gasteiger partial charge >= 0.3 is 0 Å². The van der Waals surface area contributed by atoms with Crippen molar-refractivity contribution in [2.45, 2.75) is 39.5 Å². The Bertz CT molecular complexity index is 365. The summed E-state index contributed by atoms with van der Waals surface area (Å²) in [5.41, 5.74) is 3.17. The number of hydrogen-bond acceptors (Lipinski definition) is 2. The number of aryl methyl sites for hydroxylation is 1. The van der Waals surface area contributed by atoms with Gasteiger partial charge in [-0.05, 0) is 43.4 Å². The van der Waals surface area contributed by atoms with Gasteiger partial charge in [0, 0.05) is 18.6 Å². The maximum atomic E-state index is 5.67. The normalized spacial score (nSPS) is 22.8. The van der Waals surface area contributed by atoms with E-state index in [9.17, 15) is 0 Å². The maximum absolute atomic E-state index is 5.67. The highest BCUT2D eigenvalue weighted by atomic mass is 16.5. The van der Waals surface area contributed by atoms with Crippen LogP contribution in [0.4, 0.5) is 0 Å². The minimum Gasteiger partial charge on any atom is -0.381 e. The van der Waals surface area contributed by atoms with Crippen LogP contribution in [-0.2, 0) is 17.6 Å². The topological polar surface area (TPSA) is 21.3 Å². The Morgan fingerprint density at radius 3 is 2.47 bits per heavy atom. The van der Waals surface area contributed by atoms with E-state index in [4.69, 9.17) is 4.74 Å². The second-order valence-electron chi connectivity index (χ2n) is 5.83. The minimum absolute atomic E-state index is 0.308. The molecule has 1 fully saturated rings. The monoisotopic (exact) mass is 261 g/mol. The van der Waals surface area contributed by atoms with E-state index in [2.05, 4.69) is 43.4 Å². The first-order valence-electron chi connectivity index (χ1n) is 7.64. The molecule has 1 aliphatic rings. The fourth-order valence-corrected chi connectivity index (χ4v) is 2.85. The van der Waals surface area contributed by atoms with E-state index in [1.54, 1.807) is 0 Å². The van der Waals surface area contributed by atoms with Crippen LogP contribution in [0.5, 0.6) is 0 Å². The Morgan fingerprint density at radius 1 is 1.16 bits per heavy atom. The van der Waals surface area contributed by atoms with Gasteiger partial charge < -0.3 is 10.1 Å². The third-order valence-corrected chi connectivity index (χ3v) is 4.12. The molecular weight excluding hydrogens is 234 g/mol. The smallest absolute Gasteiger partial charge is 0.0538 e. The highest BCUT2D eigenvalue weighted by Gasteiger charge is 2.34. The molecule has 1 atom stereocenters. The third kappa shape index (κ3) is 4.05. The Kier molecular flexibility index (Phi) is 5.41. The lowest BCUT2D eigenvalue weighted by Crippen LogP contribution is -2.37. The number of hydrogen-bond donors (Lipinski definition) is 1. The quantitative estimate of drug-likeness (QED) is 0.761. The molecule has 1 N–H and O–H groups in total. The zero-order chi connectivity index (χ0) is 13.6. The molecule has 0 aliphatic carbocycles. The summed E-state index contributed by atoms with van der Waals surface area (Å²) in [6.07, 6.45) is 4.63. The average molecular weight is 261 g/mol. The molecule has 1 aromatic carbocycles. The zero-order valence-corrected chi connectivity index (χ0v) is 12.4. The number of nitrogens with one attached hydrogen (secondary N) is 1. The highest BCUT2D eigenvalue weighted by molar-refractivity contribution is 5.23. The molecule has 106 valence electrons. The number of benzene rings is 1. The van der Waals surface area contributed by atoms with E-state index in [0.29, 0.717) is 5.41 Å². The van der Waals surface area contributed by atoms with E-state index in [-0.39, 0.29) is 0 Å². The molecule has 19 heavy (non-hydrogen) atoms. The van der Waals surface area contributed by atoms with Gasteiger partial charge in [-0.2, -0.15) is 0 Å². The van der Waals surface area contributed by atoms with Crippen LogP contribution in [0.25, 0.3) is 0 Å². The molecular formula is C17H27NO. The fraction of sp³-hybridized carbons (Fsp3) is 0.647. The summed E-state index contributed by atoms with van der Waals surface area (Å²) in [7, 11) is 0. The van der Waals surface area contributed by atoms with Crippen molar-refractivity contribution < 1.29 is 4.74 Å². The van der Waals surface area contributed by atoms with E-state index in [1.165, 1.54) is 24.0 Å². The van der Waals surface area contributed by atoms with Crippen molar-refractivity contribution in [2.24, 2.45) is 5.41 Å². The van der Waals surface area contributed by atoms with Crippen molar-refractivity contribution in [3.63, 3.8) is 0 Å². The average Bonchev–Trinajstić information content (AvgIpc) is 2.89. The van der Waals surface area contributed by atoms with Crippen molar-refractivity contribution in [2.75, 3.05) is 26.3 Å². The SMILES string of the molecule is CCCNCC1(Cc2ccc(CC)cc2)CCOC1. The Hall–Kier alpha value is -0.860. The lowest BCUT2D eigenvalue weighted by atomic mass is 9.80. The molecule has 1 saturated heterocycles. The van der Waals surface area contributed by atoms with Gasteiger partial charge in [-0.25, -0.2) is 0 Å². The summed E-state index contributed by atoms with van der Waals surface area (Å²) in [6.45, 7) is 8.43. The van der Waals surface area contributed by atoms with E-state index < -0.39 is 0 Å². The standard InChI is InChI=1S/C17H27NO/c1-3-10-18-13-17(9-11-19-14-17)12-16-7-5-15(4-2)6-8-16/h5-8,18H,3-4,9-14H2,1-2H3. The van der Waals surface area contributed by atoms with Crippen LogP contribution in [0.2, 0.25) is 0 Å². The second-order valence-corrected chi connectivity index (χ2v) is 5.83. The summed E-state index contributed by atoms with van der Waals surface area (Å²) < 4.78 is 5.67. The first-order valence-corrected chi connectivity index (χ1v) is 7.64. The van der Waals surface area contributed by atoms with Crippen LogP contribution in [0, 0.1) is 5.41 Å². The van der Waals surface area contributed by atoms with Gasteiger partial charge in [-0.3, -0.25) is 0 Å². The molecule has 0 radical (unpaired) electrons. The highest BCUT2D eigenvalue weighted by Crippen LogP contribution is 2.32. The van der Waals surface area contributed by atoms with Crippen LogP contribution < -0.4 is 5.32 Å².